The largest absolute Gasteiger partial charge is 0.381 e. The van der Waals surface area contributed by atoms with Crippen molar-refractivity contribution < 1.29 is 0 Å². The summed E-state index contributed by atoms with van der Waals surface area (Å²) in [6.07, 6.45) is 3.41. The fraction of sp³-hybridized carbons (Fsp3) is 0.833. The Morgan fingerprint density at radius 3 is 1.50 bits per heavy atom. The molecule has 0 fully saturated rings. The molecule has 0 aliphatic heterocycles. The van der Waals surface area contributed by atoms with Crippen LogP contribution in [0.1, 0.15) is 19.3 Å². The molecule has 0 bridgehead atoms. The summed E-state index contributed by atoms with van der Waals surface area (Å²) in [6, 6.07) is 0. The first kappa shape index (κ1) is 20.9. The van der Waals surface area contributed by atoms with E-state index in [2.05, 4.69) is 67.6 Å². The van der Waals surface area contributed by atoms with Gasteiger partial charge in [0.2, 0.25) is 0 Å². The Morgan fingerprint density at radius 2 is 1.08 bits per heavy atom. The molecular weight excluding hydrogens is 300 g/mol. The van der Waals surface area contributed by atoms with Gasteiger partial charge >= 0.3 is 0 Å². The zero-order valence-electron chi connectivity index (χ0n) is 16.7. The Bertz CT molecular complexity index is 426. The number of anilines is 2. The topological polar surface area (TPSA) is 46.1 Å². The lowest BCUT2D eigenvalue weighted by atomic mass is 10.4. The fourth-order valence-electron chi connectivity index (χ4n) is 2.48. The van der Waals surface area contributed by atoms with E-state index in [-0.39, 0.29) is 0 Å². The van der Waals surface area contributed by atoms with Gasteiger partial charge in [0.1, 0.15) is 5.36 Å². The standard InChI is InChI=1S/C18H38N6/c1-22(2)13-7-10-19-16-17(20-11-8-14-23(3)4)18(16)21-12-9-15-24(5)6/h19-20H,7-15H2,1-6H3. The van der Waals surface area contributed by atoms with Crippen LogP contribution in [-0.4, -0.2) is 96.3 Å². The maximum atomic E-state index is 4.77. The van der Waals surface area contributed by atoms with E-state index in [9.17, 15) is 0 Å². The summed E-state index contributed by atoms with van der Waals surface area (Å²) >= 11 is 0. The zero-order valence-corrected chi connectivity index (χ0v) is 16.7. The van der Waals surface area contributed by atoms with Crippen molar-refractivity contribution in [3.63, 3.8) is 0 Å². The van der Waals surface area contributed by atoms with E-state index in [1.54, 1.807) is 0 Å². The molecule has 0 aliphatic rings. The van der Waals surface area contributed by atoms with Gasteiger partial charge in [-0.3, -0.25) is 4.99 Å². The van der Waals surface area contributed by atoms with Gasteiger partial charge in [-0.05, 0) is 81.2 Å². The quantitative estimate of drug-likeness (QED) is 0.498. The van der Waals surface area contributed by atoms with Gasteiger partial charge in [0, 0.05) is 19.6 Å². The molecule has 1 aromatic carbocycles. The number of rotatable bonds is 14. The molecule has 0 radical (unpaired) electrons. The van der Waals surface area contributed by atoms with Gasteiger partial charge in [-0.15, -0.1) is 0 Å². The highest BCUT2D eigenvalue weighted by Crippen LogP contribution is 2.23. The molecule has 0 unspecified atom stereocenters. The van der Waals surface area contributed by atoms with Gasteiger partial charge in [-0.25, -0.2) is 0 Å². The second kappa shape index (κ2) is 11.4. The maximum absolute atomic E-state index is 4.77. The Kier molecular flexibility index (Phi) is 9.98. The lowest BCUT2D eigenvalue weighted by molar-refractivity contribution is 0.403. The van der Waals surface area contributed by atoms with E-state index >= 15 is 0 Å². The number of hydrogen-bond acceptors (Lipinski definition) is 6. The SMILES string of the molecule is CN(C)CCCN=c1c(NCCCN(C)C)c1NCCCN(C)C. The summed E-state index contributed by atoms with van der Waals surface area (Å²) in [5.74, 6) is 0. The van der Waals surface area contributed by atoms with Gasteiger partial charge in [-0.1, -0.05) is 0 Å². The van der Waals surface area contributed by atoms with E-state index in [1.165, 1.54) is 16.7 Å². The molecule has 0 aromatic heterocycles. The molecule has 1 rings (SSSR count). The monoisotopic (exact) mass is 338 g/mol. The van der Waals surface area contributed by atoms with Crippen LogP contribution in [0, 0.1) is 0 Å². The summed E-state index contributed by atoms with van der Waals surface area (Å²) in [6.45, 7) is 6.23. The molecule has 0 saturated heterocycles. The number of nitrogens with one attached hydrogen (secondary N) is 2. The third-order valence-electron chi connectivity index (χ3n) is 3.86. The molecule has 2 N–H and O–H groups in total. The van der Waals surface area contributed by atoms with Crippen LogP contribution >= 0.6 is 0 Å². The Labute approximate surface area is 148 Å². The fourth-order valence-corrected chi connectivity index (χ4v) is 2.48. The van der Waals surface area contributed by atoms with Crippen molar-refractivity contribution in [1.29, 1.82) is 0 Å². The molecule has 6 heteroatoms. The summed E-state index contributed by atoms with van der Waals surface area (Å²) < 4.78 is 0. The molecule has 0 atom stereocenters. The maximum Gasteiger partial charge on any atom is 0.108 e. The summed E-state index contributed by atoms with van der Waals surface area (Å²) in [5.41, 5.74) is 2.48. The van der Waals surface area contributed by atoms with Crippen molar-refractivity contribution in [3.05, 3.63) is 5.36 Å². The predicted octanol–water partition coefficient (Wildman–Crippen LogP) is 1.14. The minimum absolute atomic E-state index is 0.902. The molecule has 0 spiro atoms. The molecule has 24 heavy (non-hydrogen) atoms. The second-order valence-electron chi connectivity index (χ2n) is 7.30. The lowest BCUT2D eigenvalue weighted by Crippen LogP contribution is -2.16. The lowest BCUT2D eigenvalue weighted by Gasteiger charge is -2.09. The van der Waals surface area contributed by atoms with Gasteiger partial charge < -0.3 is 25.3 Å². The Hall–Kier alpha value is -1.11. The van der Waals surface area contributed by atoms with Crippen LogP contribution in [0.4, 0.5) is 11.4 Å². The first-order valence-corrected chi connectivity index (χ1v) is 9.13. The van der Waals surface area contributed by atoms with Crippen LogP contribution < -0.4 is 16.0 Å². The van der Waals surface area contributed by atoms with Crippen LogP contribution in [0.5, 0.6) is 0 Å². The van der Waals surface area contributed by atoms with Crippen molar-refractivity contribution in [1.82, 2.24) is 14.7 Å². The normalized spacial score (nSPS) is 11.9. The molecule has 0 heterocycles. The van der Waals surface area contributed by atoms with E-state index in [0.29, 0.717) is 0 Å². The van der Waals surface area contributed by atoms with E-state index < -0.39 is 0 Å². The first-order valence-electron chi connectivity index (χ1n) is 9.13. The highest BCUT2D eigenvalue weighted by molar-refractivity contribution is 5.82. The van der Waals surface area contributed by atoms with Crippen molar-refractivity contribution in [2.24, 2.45) is 4.99 Å². The van der Waals surface area contributed by atoms with Crippen LogP contribution in [-0.2, 0) is 0 Å². The van der Waals surface area contributed by atoms with E-state index in [4.69, 9.17) is 4.99 Å². The first-order chi connectivity index (χ1) is 11.4. The summed E-state index contributed by atoms with van der Waals surface area (Å²) in [4.78, 5) is 11.4. The molecular formula is C18H38N6. The van der Waals surface area contributed by atoms with Crippen molar-refractivity contribution in [3.8, 4) is 0 Å². The van der Waals surface area contributed by atoms with Crippen LogP contribution in [0.3, 0.4) is 0 Å². The van der Waals surface area contributed by atoms with Gasteiger partial charge in [0.05, 0.1) is 11.4 Å². The zero-order chi connectivity index (χ0) is 17.9. The van der Waals surface area contributed by atoms with Crippen molar-refractivity contribution >= 4 is 11.4 Å². The minimum Gasteiger partial charge on any atom is -0.381 e. The minimum atomic E-state index is 0.902. The number of nitrogens with zero attached hydrogens (tertiary/aromatic N) is 4. The highest BCUT2D eigenvalue weighted by atomic mass is 15.1. The van der Waals surface area contributed by atoms with Gasteiger partial charge in [0.15, 0.2) is 0 Å². The average Bonchev–Trinajstić information content (AvgIpc) is 3.15. The molecule has 1 aromatic rings. The summed E-state index contributed by atoms with van der Waals surface area (Å²) in [5, 5.41) is 8.27. The van der Waals surface area contributed by atoms with Gasteiger partial charge in [0.25, 0.3) is 0 Å². The molecule has 0 saturated carbocycles. The van der Waals surface area contributed by atoms with Gasteiger partial charge in [-0.2, -0.15) is 0 Å². The highest BCUT2D eigenvalue weighted by Gasteiger charge is 2.18. The molecule has 140 valence electrons. The predicted molar refractivity (Wildman–Crippen MR) is 106 cm³/mol. The molecule has 6 nitrogen and oxygen atoms in total. The van der Waals surface area contributed by atoms with E-state index in [0.717, 1.165) is 58.5 Å². The second-order valence-corrected chi connectivity index (χ2v) is 7.30. The molecule has 0 aliphatic carbocycles. The van der Waals surface area contributed by atoms with Crippen LogP contribution in [0.2, 0.25) is 0 Å². The van der Waals surface area contributed by atoms with Crippen LogP contribution in [0.15, 0.2) is 4.99 Å². The third kappa shape index (κ3) is 9.25. The van der Waals surface area contributed by atoms with Crippen molar-refractivity contribution in [2.75, 3.05) is 92.2 Å². The third-order valence-corrected chi connectivity index (χ3v) is 3.86. The Balaban J connectivity index is 2.42. The smallest absolute Gasteiger partial charge is 0.108 e. The Morgan fingerprint density at radius 1 is 0.667 bits per heavy atom. The summed E-state index contributed by atoms with van der Waals surface area (Å²) in [7, 11) is 12.7. The molecule has 0 amide bonds. The van der Waals surface area contributed by atoms with Crippen molar-refractivity contribution in [2.45, 2.75) is 19.3 Å². The van der Waals surface area contributed by atoms with E-state index in [1.807, 2.05) is 0 Å². The average molecular weight is 339 g/mol. The number of hydrogen-bond donors (Lipinski definition) is 2. The van der Waals surface area contributed by atoms with Crippen LogP contribution in [0.25, 0.3) is 0 Å².